The van der Waals surface area contributed by atoms with Crippen LogP contribution in [0.1, 0.15) is 15.9 Å². The molecule has 1 saturated heterocycles. The van der Waals surface area contributed by atoms with Crippen molar-refractivity contribution in [3.05, 3.63) is 90.1 Å². The molecule has 36 heavy (non-hydrogen) atoms. The molecule has 0 bridgehead atoms. The lowest BCUT2D eigenvalue weighted by Crippen LogP contribution is -2.40. The van der Waals surface area contributed by atoms with Crippen molar-refractivity contribution >= 4 is 26.8 Å². The zero-order chi connectivity index (χ0) is 25.0. The van der Waals surface area contributed by atoms with Crippen LogP contribution in [0.4, 0.5) is 0 Å². The summed E-state index contributed by atoms with van der Waals surface area (Å²) in [6, 6.07) is 21.8. The van der Waals surface area contributed by atoms with E-state index in [9.17, 15) is 13.2 Å². The number of ether oxygens (including phenoxy) is 1. The van der Waals surface area contributed by atoms with Gasteiger partial charge >= 0.3 is 0 Å². The number of nitrogens with zero attached hydrogens (tertiary/aromatic N) is 3. The number of benzene rings is 2. The zero-order valence-corrected chi connectivity index (χ0v) is 20.4. The maximum absolute atomic E-state index is 13.4. The molecule has 0 radical (unpaired) electrons. The molecule has 0 unspecified atom stereocenters. The summed E-state index contributed by atoms with van der Waals surface area (Å²) in [5, 5.41) is 3.45. The fourth-order valence-corrected chi connectivity index (χ4v) is 5.63. The molecule has 2 aromatic heterocycles. The fourth-order valence-electron chi connectivity index (χ4n) is 4.19. The van der Waals surface area contributed by atoms with E-state index in [0.717, 1.165) is 5.56 Å². The summed E-state index contributed by atoms with van der Waals surface area (Å²) < 4.78 is 33.2. The van der Waals surface area contributed by atoms with Gasteiger partial charge in [0.2, 0.25) is 10.0 Å². The molecule has 3 heterocycles. The number of hydrogen-bond donors (Lipinski definition) is 1. The number of rotatable bonds is 7. The first-order valence-electron chi connectivity index (χ1n) is 11.8. The minimum Gasteiger partial charge on any atom is -0.379 e. The molecule has 1 N–H and O–H groups in total. The van der Waals surface area contributed by atoms with E-state index in [0.29, 0.717) is 67.1 Å². The Labute approximate surface area is 210 Å². The van der Waals surface area contributed by atoms with Crippen LogP contribution in [0.15, 0.2) is 83.9 Å². The van der Waals surface area contributed by atoms with Crippen LogP contribution in [0.25, 0.3) is 22.3 Å². The third-order valence-electron chi connectivity index (χ3n) is 6.10. The highest BCUT2D eigenvalue weighted by Crippen LogP contribution is 2.27. The van der Waals surface area contributed by atoms with Gasteiger partial charge in [0.25, 0.3) is 5.91 Å². The number of pyridine rings is 2. The highest BCUT2D eigenvalue weighted by molar-refractivity contribution is 7.89. The van der Waals surface area contributed by atoms with Gasteiger partial charge in [0.1, 0.15) is 0 Å². The second-order valence-corrected chi connectivity index (χ2v) is 10.4. The average Bonchev–Trinajstić information content (AvgIpc) is 2.93. The molecule has 2 aromatic carbocycles. The lowest BCUT2D eigenvalue weighted by atomic mass is 10.1. The van der Waals surface area contributed by atoms with E-state index in [1.165, 1.54) is 4.31 Å². The van der Waals surface area contributed by atoms with Crippen LogP contribution in [0, 0.1) is 0 Å². The molecule has 5 rings (SSSR count). The predicted octanol–water partition coefficient (Wildman–Crippen LogP) is 3.29. The second kappa shape index (κ2) is 10.5. The molecule has 1 aliphatic rings. The molecule has 0 saturated carbocycles. The van der Waals surface area contributed by atoms with Crippen LogP contribution >= 0.6 is 0 Å². The Kier molecular flexibility index (Phi) is 7.04. The molecular weight excluding hydrogens is 476 g/mol. The number of carbonyl (C=O) groups excluding carboxylic acids is 1. The maximum Gasteiger partial charge on any atom is 0.252 e. The average molecular weight is 503 g/mol. The first kappa shape index (κ1) is 24.1. The third kappa shape index (κ3) is 5.13. The van der Waals surface area contributed by atoms with Crippen LogP contribution in [0.2, 0.25) is 0 Å². The summed E-state index contributed by atoms with van der Waals surface area (Å²) in [6.07, 6.45) is 2.35. The second-order valence-electron chi connectivity index (χ2n) is 8.46. The Morgan fingerprint density at radius 2 is 1.72 bits per heavy atom. The first-order valence-corrected chi connectivity index (χ1v) is 13.2. The standard InChI is InChI=1S/C27H26N4O4S/c32-27(29-13-11-20-6-2-1-3-7-20)23-19-26(25-8-4-5-12-28-25)30-24-10-9-21(18-22(23)24)36(33,34)31-14-16-35-17-15-31/h1-10,12,18-19H,11,13-17H2,(H,29,32). The summed E-state index contributed by atoms with van der Waals surface area (Å²) in [5.41, 5.74) is 3.16. The Morgan fingerprint density at radius 3 is 2.47 bits per heavy atom. The lowest BCUT2D eigenvalue weighted by Gasteiger charge is -2.26. The minimum atomic E-state index is -3.73. The van der Waals surface area contributed by atoms with Gasteiger partial charge in [-0.3, -0.25) is 9.78 Å². The van der Waals surface area contributed by atoms with Gasteiger partial charge in [0, 0.05) is 31.2 Å². The molecule has 0 aliphatic carbocycles. The van der Waals surface area contributed by atoms with Crippen molar-refractivity contribution in [1.29, 1.82) is 0 Å². The number of morpholine rings is 1. The number of aromatic nitrogens is 2. The molecule has 4 aromatic rings. The van der Waals surface area contributed by atoms with Crippen molar-refractivity contribution in [2.45, 2.75) is 11.3 Å². The van der Waals surface area contributed by atoms with Gasteiger partial charge in [-0.15, -0.1) is 0 Å². The number of fused-ring (bicyclic) bond motifs is 1. The largest absolute Gasteiger partial charge is 0.379 e. The van der Waals surface area contributed by atoms with Crippen molar-refractivity contribution in [1.82, 2.24) is 19.6 Å². The molecule has 0 spiro atoms. The Balaban J connectivity index is 1.52. The molecule has 8 nitrogen and oxygen atoms in total. The smallest absolute Gasteiger partial charge is 0.252 e. The van der Waals surface area contributed by atoms with E-state index >= 15 is 0 Å². The van der Waals surface area contributed by atoms with E-state index in [2.05, 4.69) is 15.3 Å². The number of amides is 1. The summed E-state index contributed by atoms with van der Waals surface area (Å²) in [4.78, 5) is 22.5. The third-order valence-corrected chi connectivity index (χ3v) is 8.00. The predicted molar refractivity (Wildman–Crippen MR) is 137 cm³/mol. The Morgan fingerprint density at radius 1 is 0.944 bits per heavy atom. The summed E-state index contributed by atoms with van der Waals surface area (Å²) >= 11 is 0. The van der Waals surface area contributed by atoms with Crippen LogP contribution in [0.3, 0.4) is 0 Å². The quantitative estimate of drug-likeness (QED) is 0.416. The van der Waals surface area contributed by atoms with Gasteiger partial charge in [-0.2, -0.15) is 4.31 Å². The monoisotopic (exact) mass is 502 g/mol. The highest BCUT2D eigenvalue weighted by Gasteiger charge is 2.27. The van der Waals surface area contributed by atoms with Gasteiger partial charge < -0.3 is 10.1 Å². The topological polar surface area (TPSA) is 101 Å². The SMILES string of the molecule is O=C(NCCc1ccccc1)c1cc(-c2ccccn2)nc2ccc(S(=O)(=O)N3CCOCC3)cc12. The maximum atomic E-state index is 13.4. The summed E-state index contributed by atoms with van der Waals surface area (Å²) in [6.45, 7) is 1.75. The van der Waals surface area contributed by atoms with Crippen molar-refractivity contribution in [2.75, 3.05) is 32.8 Å². The molecule has 1 aliphatic heterocycles. The first-order chi connectivity index (χ1) is 17.5. The highest BCUT2D eigenvalue weighted by atomic mass is 32.2. The number of nitrogens with one attached hydrogen (secondary N) is 1. The van der Waals surface area contributed by atoms with Crippen LogP contribution < -0.4 is 5.32 Å². The normalized spacial score (nSPS) is 14.6. The van der Waals surface area contributed by atoms with Crippen molar-refractivity contribution in [2.24, 2.45) is 0 Å². The summed E-state index contributed by atoms with van der Waals surface area (Å²) in [7, 11) is -3.73. The van der Waals surface area contributed by atoms with E-state index < -0.39 is 10.0 Å². The summed E-state index contributed by atoms with van der Waals surface area (Å²) in [5.74, 6) is -0.295. The molecule has 1 amide bonds. The van der Waals surface area contributed by atoms with Crippen molar-refractivity contribution < 1.29 is 17.9 Å². The molecule has 1 fully saturated rings. The molecule has 184 valence electrons. The minimum absolute atomic E-state index is 0.127. The van der Waals surface area contributed by atoms with Crippen molar-refractivity contribution in [3.63, 3.8) is 0 Å². The van der Waals surface area contributed by atoms with Gasteiger partial charge in [0.15, 0.2) is 0 Å². The lowest BCUT2D eigenvalue weighted by molar-refractivity contribution is 0.0730. The van der Waals surface area contributed by atoms with Crippen LogP contribution in [0.5, 0.6) is 0 Å². The van der Waals surface area contributed by atoms with Gasteiger partial charge in [-0.25, -0.2) is 13.4 Å². The number of sulfonamides is 1. The molecular formula is C27H26N4O4S. The van der Waals surface area contributed by atoms with Crippen LogP contribution in [-0.4, -0.2) is 61.4 Å². The number of hydrogen-bond acceptors (Lipinski definition) is 6. The van der Waals surface area contributed by atoms with E-state index in [-0.39, 0.29) is 10.8 Å². The number of carbonyl (C=O) groups is 1. The van der Waals surface area contributed by atoms with E-state index in [4.69, 9.17) is 4.74 Å². The van der Waals surface area contributed by atoms with Gasteiger partial charge in [-0.1, -0.05) is 36.4 Å². The zero-order valence-electron chi connectivity index (χ0n) is 19.6. The van der Waals surface area contributed by atoms with Gasteiger partial charge in [0.05, 0.1) is 40.6 Å². The Bertz CT molecular complexity index is 1470. The fraction of sp³-hybridized carbons (Fsp3) is 0.222. The molecule has 9 heteroatoms. The Hall–Kier alpha value is -3.66. The van der Waals surface area contributed by atoms with E-state index in [1.807, 2.05) is 48.5 Å². The van der Waals surface area contributed by atoms with Crippen LogP contribution in [-0.2, 0) is 21.2 Å². The van der Waals surface area contributed by atoms with Crippen molar-refractivity contribution in [3.8, 4) is 11.4 Å². The van der Waals surface area contributed by atoms with Gasteiger partial charge in [-0.05, 0) is 48.4 Å². The molecule has 0 atom stereocenters. The van der Waals surface area contributed by atoms with E-state index in [1.54, 1.807) is 30.5 Å².